The molecule has 0 aromatic rings. The molecule has 0 aliphatic carbocycles. The molecule has 0 saturated carbocycles. The molecular weight excluding hydrogens is 430 g/mol. The zero-order valence-corrected chi connectivity index (χ0v) is 11.2. The largest absolute Gasteiger partial charge is 0 e. The van der Waals surface area contributed by atoms with Crippen LogP contribution in [0.25, 0.3) is 0 Å². The van der Waals surface area contributed by atoms with E-state index in [9.17, 15) is 0 Å². The SMILES string of the molecule is [C-]#[O+].[C-]#[O+].[C-]#[O+].[C-]#[O+].[C-]#[O+].[C-]#[O+].[C-]#[O+].[C-]#[O+].[Rh].[Rh]. The van der Waals surface area contributed by atoms with Crippen molar-refractivity contribution in [3.05, 3.63) is 53.2 Å². The molecule has 0 fully saturated rings. The fourth-order valence-electron chi connectivity index (χ4n) is 0. The topological polar surface area (TPSA) is 159 Å². The van der Waals surface area contributed by atoms with Crippen molar-refractivity contribution in [3.8, 4) is 0 Å². The van der Waals surface area contributed by atoms with Crippen LogP contribution in [0.1, 0.15) is 0 Å². The van der Waals surface area contributed by atoms with Crippen LogP contribution < -0.4 is 0 Å². The summed E-state index contributed by atoms with van der Waals surface area (Å²) >= 11 is 0. The molecule has 0 aliphatic heterocycles. The van der Waals surface area contributed by atoms with Crippen molar-refractivity contribution in [2.24, 2.45) is 0 Å². The van der Waals surface area contributed by atoms with Gasteiger partial charge in [-0.05, 0) is 0 Å². The molecule has 0 atom stereocenters. The Morgan fingerprint density at radius 3 is 0.222 bits per heavy atom. The van der Waals surface area contributed by atoms with E-state index >= 15 is 0 Å². The first-order chi connectivity index (χ1) is 8.00. The van der Waals surface area contributed by atoms with Crippen molar-refractivity contribution in [3.63, 3.8) is 0 Å². The third kappa shape index (κ3) is 4380. The Hall–Kier alpha value is -0.833. The molecule has 0 rings (SSSR count). The second kappa shape index (κ2) is 5360. The smallest absolute Gasteiger partial charge is 0 e. The van der Waals surface area contributed by atoms with Crippen LogP contribution in [-0.4, -0.2) is 0 Å². The molecule has 0 bridgehead atoms. The molecule has 0 N–H and O–H groups in total. The molecule has 2 radical (unpaired) electrons. The van der Waals surface area contributed by atoms with E-state index in [1.54, 1.807) is 0 Å². The van der Waals surface area contributed by atoms with E-state index in [1.165, 1.54) is 0 Å². The minimum Gasteiger partial charge on any atom is 0 e. The number of hydrogen-bond donors (Lipinski definition) is 0. The molecule has 0 aromatic carbocycles. The van der Waals surface area contributed by atoms with Gasteiger partial charge in [0, 0.05) is 39.0 Å². The van der Waals surface area contributed by atoms with Crippen LogP contribution in [0.2, 0.25) is 0 Å². The molecule has 0 heterocycles. The average molecular weight is 430 g/mol. The maximum Gasteiger partial charge on any atom is 0 e. The fraction of sp³-hybridized carbons (Fsp3) is 0. The van der Waals surface area contributed by atoms with E-state index in [0.717, 1.165) is 0 Å². The maximum absolute atomic E-state index is 7.50. The Morgan fingerprint density at radius 1 is 0.222 bits per heavy atom. The second-order valence-corrected chi connectivity index (χ2v) is 0. The van der Waals surface area contributed by atoms with Crippen LogP contribution >= 0.6 is 0 Å². The Balaban J connectivity index is -0.00000000500. The summed E-state index contributed by atoms with van der Waals surface area (Å²) in [6, 6.07) is 0. The van der Waals surface area contributed by atoms with Gasteiger partial charge in [0.05, 0.1) is 0 Å². The van der Waals surface area contributed by atoms with E-state index in [0.29, 0.717) is 0 Å². The zero-order chi connectivity index (χ0) is 16.0. The predicted molar refractivity (Wildman–Crippen MR) is 31.4 cm³/mol. The van der Waals surface area contributed by atoms with Gasteiger partial charge in [-0.15, -0.1) is 0 Å². The molecule has 0 aromatic heterocycles. The van der Waals surface area contributed by atoms with Gasteiger partial charge in [-0.25, -0.2) is 0 Å². The first-order valence-electron chi connectivity index (χ1n) is 1.63. The molecule has 0 unspecified atom stereocenters. The normalized spacial score (nSPS) is 0.889. The Morgan fingerprint density at radius 2 is 0.222 bits per heavy atom. The van der Waals surface area contributed by atoms with Gasteiger partial charge < -0.3 is 0 Å². The van der Waals surface area contributed by atoms with Gasteiger partial charge in [0.25, 0.3) is 0 Å². The number of hydrogen-bond acceptors (Lipinski definition) is 0. The van der Waals surface area contributed by atoms with Gasteiger partial charge in [0.2, 0.25) is 0 Å². The molecule has 8 nitrogen and oxygen atoms in total. The predicted octanol–water partition coefficient (Wildman–Crippen LogP) is -0.305. The van der Waals surface area contributed by atoms with Gasteiger partial charge >= 0.3 is 90.4 Å². The third-order valence-corrected chi connectivity index (χ3v) is 0. The molecular formula is C8O8Rh2. The summed E-state index contributed by atoms with van der Waals surface area (Å²) in [7, 11) is 0. The fourth-order valence-corrected chi connectivity index (χ4v) is 0. The molecule has 0 aliphatic rings. The second-order valence-electron chi connectivity index (χ2n) is 0. The minimum absolute atomic E-state index is 0. The van der Waals surface area contributed by atoms with Crippen molar-refractivity contribution >= 4 is 0 Å². The molecule has 18 heavy (non-hydrogen) atoms. The van der Waals surface area contributed by atoms with Crippen LogP contribution in [0.4, 0.5) is 0 Å². The third-order valence-electron chi connectivity index (χ3n) is 0. The number of rotatable bonds is 0. The summed E-state index contributed by atoms with van der Waals surface area (Å²) in [6.07, 6.45) is 0. The van der Waals surface area contributed by atoms with E-state index < -0.39 is 0 Å². The average Bonchev–Trinajstić information content (AvgIpc) is 2.54. The van der Waals surface area contributed by atoms with Gasteiger partial charge in [-0.3, -0.25) is 0 Å². The Labute approximate surface area is 129 Å². The van der Waals surface area contributed by atoms with Crippen LogP contribution in [0.5, 0.6) is 0 Å². The standard InChI is InChI=1S/8CO.2Rh/c8*1-2;;. The summed E-state index contributed by atoms with van der Waals surface area (Å²) in [4.78, 5) is 0. The van der Waals surface area contributed by atoms with Crippen LogP contribution in [0.3, 0.4) is 0 Å². The van der Waals surface area contributed by atoms with Gasteiger partial charge in [-0.2, -0.15) is 0 Å². The molecule has 10 heteroatoms. The van der Waals surface area contributed by atoms with E-state index in [2.05, 4.69) is 53.2 Å². The van der Waals surface area contributed by atoms with Gasteiger partial charge in [0.15, 0.2) is 0 Å². The summed E-state index contributed by atoms with van der Waals surface area (Å²) in [5.74, 6) is 0. The first-order valence-corrected chi connectivity index (χ1v) is 1.63. The monoisotopic (exact) mass is 430 g/mol. The van der Waals surface area contributed by atoms with Crippen molar-refractivity contribution in [1.82, 2.24) is 0 Å². The van der Waals surface area contributed by atoms with Crippen molar-refractivity contribution < 1.29 is 76.2 Å². The molecule has 0 spiro atoms. The van der Waals surface area contributed by atoms with E-state index in [4.69, 9.17) is 37.2 Å². The van der Waals surface area contributed by atoms with Crippen LogP contribution in [-0.2, 0) is 76.2 Å². The summed E-state index contributed by atoms with van der Waals surface area (Å²) in [6.45, 7) is 36.0. The first kappa shape index (κ1) is 87.4. The van der Waals surface area contributed by atoms with Crippen molar-refractivity contribution in [1.29, 1.82) is 0 Å². The summed E-state index contributed by atoms with van der Waals surface area (Å²) in [5, 5.41) is 0. The van der Waals surface area contributed by atoms with Crippen molar-refractivity contribution in [2.45, 2.75) is 0 Å². The molecule has 98 valence electrons. The summed E-state index contributed by atoms with van der Waals surface area (Å²) in [5.41, 5.74) is 0. The quantitative estimate of drug-likeness (QED) is 0.281. The van der Waals surface area contributed by atoms with E-state index in [1.807, 2.05) is 0 Å². The Bertz CT molecular complexity index is 135. The summed E-state index contributed by atoms with van der Waals surface area (Å²) < 4.78 is 60.0. The van der Waals surface area contributed by atoms with Gasteiger partial charge in [-0.1, -0.05) is 0 Å². The van der Waals surface area contributed by atoms with Crippen LogP contribution in [0.15, 0.2) is 0 Å². The zero-order valence-electron chi connectivity index (χ0n) is 7.93. The molecule has 0 amide bonds. The maximum atomic E-state index is 7.50. The Kier molecular flexibility index (Phi) is 26000. The van der Waals surface area contributed by atoms with Gasteiger partial charge in [0.1, 0.15) is 0 Å². The van der Waals surface area contributed by atoms with Crippen molar-refractivity contribution in [2.75, 3.05) is 0 Å². The van der Waals surface area contributed by atoms with Crippen LogP contribution in [0, 0.1) is 53.2 Å². The minimum atomic E-state index is 0. The van der Waals surface area contributed by atoms with E-state index in [-0.39, 0.29) is 39.0 Å². The molecule has 0 saturated heterocycles.